The third kappa shape index (κ3) is 5.92. The van der Waals surface area contributed by atoms with Gasteiger partial charge in [0.15, 0.2) is 0 Å². The van der Waals surface area contributed by atoms with Crippen molar-refractivity contribution in [3.63, 3.8) is 0 Å². The zero-order valence-electron chi connectivity index (χ0n) is 19.5. The molecule has 0 atom stereocenters. The molecular weight excluding hydrogens is 455 g/mol. The molecule has 3 aromatic carbocycles. The van der Waals surface area contributed by atoms with E-state index in [1.165, 1.54) is 12.7 Å². The molecule has 1 saturated heterocycles. The van der Waals surface area contributed by atoms with Gasteiger partial charge in [-0.15, -0.1) is 0 Å². The molecule has 1 N–H and O–H groups in total. The van der Waals surface area contributed by atoms with Gasteiger partial charge in [0.2, 0.25) is 0 Å². The molecule has 4 nitrogen and oxygen atoms in total. The number of carbonyl (C=O) groups excluding carboxylic acids is 1. The summed E-state index contributed by atoms with van der Waals surface area (Å²) in [5.74, 6) is -0.500. The normalized spacial score (nSPS) is 15.5. The average Bonchev–Trinajstić information content (AvgIpc) is 2.89. The molecule has 184 valence electrons. The monoisotopic (exact) mass is 483 g/mol. The second-order valence-corrected chi connectivity index (χ2v) is 8.87. The Morgan fingerprint density at radius 1 is 0.943 bits per heavy atom. The summed E-state index contributed by atoms with van der Waals surface area (Å²) in [6, 6.07) is 20.4. The summed E-state index contributed by atoms with van der Waals surface area (Å²) in [7, 11) is 1.28. The first-order valence-corrected chi connectivity index (χ1v) is 11.5. The third-order valence-corrected chi connectivity index (χ3v) is 6.55. The Morgan fingerprint density at radius 2 is 1.63 bits per heavy atom. The van der Waals surface area contributed by atoms with E-state index in [2.05, 4.69) is 17.4 Å². The highest BCUT2D eigenvalue weighted by molar-refractivity contribution is 5.90. The number of benzene rings is 3. The number of carbonyl (C=O) groups is 1. The second kappa shape index (κ2) is 10.6. The van der Waals surface area contributed by atoms with Crippen LogP contribution in [0.4, 0.5) is 13.2 Å². The molecule has 0 aromatic heterocycles. The first-order valence-electron chi connectivity index (χ1n) is 11.5. The zero-order valence-corrected chi connectivity index (χ0v) is 19.5. The van der Waals surface area contributed by atoms with E-state index in [0.29, 0.717) is 28.9 Å². The molecule has 0 bridgehead atoms. The number of hydrogen-bond donors (Lipinski definition) is 1. The molecule has 0 aliphatic carbocycles. The van der Waals surface area contributed by atoms with Crippen molar-refractivity contribution >= 4 is 5.97 Å². The lowest BCUT2D eigenvalue weighted by atomic mass is 9.74. The molecule has 35 heavy (non-hydrogen) atoms. The molecule has 7 heteroatoms. The number of piperidine rings is 1. The summed E-state index contributed by atoms with van der Waals surface area (Å²) in [5, 5.41) is 3.37. The first kappa shape index (κ1) is 24.9. The van der Waals surface area contributed by atoms with E-state index < -0.39 is 17.7 Å². The Morgan fingerprint density at radius 3 is 2.26 bits per heavy atom. The summed E-state index contributed by atoms with van der Waals surface area (Å²) in [4.78, 5) is 11.7. The molecule has 1 heterocycles. The van der Waals surface area contributed by atoms with E-state index in [1.807, 2.05) is 18.2 Å². The van der Waals surface area contributed by atoms with Gasteiger partial charge in [0.25, 0.3) is 0 Å². The van der Waals surface area contributed by atoms with Crippen molar-refractivity contribution in [2.24, 2.45) is 0 Å². The van der Waals surface area contributed by atoms with Crippen molar-refractivity contribution in [3.8, 4) is 11.1 Å². The number of ether oxygens (including phenoxy) is 2. The number of rotatable bonds is 7. The van der Waals surface area contributed by atoms with Crippen molar-refractivity contribution < 1.29 is 27.4 Å². The molecule has 1 aliphatic heterocycles. The Kier molecular flexibility index (Phi) is 7.57. The van der Waals surface area contributed by atoms with Gasteiger partial charge in [-0.2, -0.15) is 13.2 Å². The molecule has 4 rings (SSSR count). The quantitative estimate of drug-likeness (QED) is 0.419. The summed E-state index contributed by atoms with van der Waals surface area (Å²) in [6.45, 7) is 2.23. The van der Waals surface area contributed by atoms with Crippen LogP contribution in [0.15, 0.2) is 72.8 Å². The van der Waals surface area contributed by atoms with Crippen LogP contribution in [0.1, 0.15) is 39.9 Å². The van der Waals surface area contributed by atoms with E-state index in [-0.39, 0.29) is 12.0 Å². The Bertz CT molecular complexity index is 1140. The minimum Gasteiger partial charge on any atom is -0.465 e. The predicted octanol–water partition coefficient (Wildman–Crippen LogP) is 6.00. The van der Waals surface area contributed by atoms with E-state index in [1.54, 1.807) is 30.3 Å². The molecule has 1 aliphatic rings. The molecular formula is C28H28F3NO3. The highest BCUT2D eigenvalue weighted by atomic mass is 19.4. The van der Waals surface area contributed by atoms with Crippen molar-refractivity contribution in [3.05, 3.63) is 95.1 Å². The zero-order chi connectivity index (χ0) is 24.9. The molecule has 0 spiro atoms. The van der Waals surface area contributed by atoms with Crippen LogP contribution in [0.5, 0.6) is 0 Å². The van der Waals surface area contributed by atoms with E-state index in [9.17, 15) is 18.0 Å². The average molecular weight is 484 g/mol. The van der Waals surface area contributed by atoms with Gasteiger partial charge in [-0.25, -0.2) is 4.79 Å². The van der Waals surface area contributed by atoms with E-state index >= 15 is 0 Å². The van der Waals surface area contributed by atoms with Crippen molar-refractivity contribution in [1.29, 1.82) is 0 Å². The van der Waals surface area contributed by atoms with E-state index in [4.69, 9.17) is 9.47 Å². The standard InChI is InChI=1S/C28H28F3NO3/c1-34-26(33)22-9-7-21(8-10-22)23-15-20(16-25(17-23)28(29,30)31)18-35-19-27(11-13-32-14-12-27)24-5-3-2-4-6-24/h2-10,15-17,32H,11-14,18-19H2,1H3. The Labute approximate surface area is 203 Å². The molecule has 1 fully saturated rings. The lowest BCUT2D eigenvalue weighted by Crippen LogP contribution is -2.43. The highest BCUT2D eigenvalue weighted by Crippen LogP contribution is 2.36. The second-order valence-electron chi connectivity index (χ2n) is 8.87. The van der Waals surface area contributed by atoms with Crippen LogP contribution in [0.25, 0.3) is 11.1 Å². The lowest BCUT2D eigenvalue weighted by molar-refractivity contribution is -0.137. The van der Waals surface area contributed by atoms with Crippen molar-refractivity contribution in [1.82, 2.24) is 5.32 Å². The smallest absolute Gasteiger partial charge is 0.416 e. The molecule has 0 unspecified atom stereocenters. The maximum absolute atomic E-state index is 13.7. The number of hydrogen-bond acceptors (Lipinski definition) is 4. The molecule has 0 saturated carbocycles. The van der Waals surface area contributed by atoms with Gasteiger partial charge < -0.3 is 14.8 Å². The van der Waals surface area contributed by atoms with Crippen LogP contribution in [-0.2, 0) is 27.7 Å². The van der Waals surface area contributed by atoms with Crippen LogP contribution < -0.4 is 5.32 Å². The fraction of sp³-hybridized carbons (Fsp3) is 0.321. The number of methoxy groups -OCH3 is 1. The number of nitrogens with one attached hydrogen (secondary N) is 1. The largest absolute Gasteiger partial charge is 0.465 e. The molecule has 3 aromatic rings. The minimum atomic E-state index is -4.49. The Balaban J connectivity index is 1.57. The third-order valence-electron chi connectivity index (χ3n) is 6.55. The highest BCUT2D eigenvalue weighted by Gasteiger charge is 2.34. The first-order chi connectivity index (χ1) is 16.8. The SMILES string of the molecule is COC(=O)c1ccc(-c2cc(COCC3(c4ccccc4)CCNCC3)cc(C(F)(F)F)c2)cc1. The van der Waals surface area contributed by atoms with Gasteiger partial charge in [0, 0.05) is 5.41 Å². The van der Waals surface area contributed by atoms with Crippen LogP contribution in [0.2, 0.25) is 0 Å². The summed E-state index contributed by atoms with van der Waals surface area (Å²) >= 11 is 0. The Hall–Kier alpha value is -3.16. The van der Waals surface area contributed by atoms with Gasteiger partial charge in [-0.1, -0.05) is 42.5 Å². The van der Waals surface area contributed by atoms with E-state index in [0.717, 1.165) is 38.1 Å². The van der Waals surface area contributed by atoms with Crippen LogP contribution >= 0.6 is 0 Å². The van der Waals surface area contributed by atoms with Gasteiger partial charge in [-0.3, -0.25) is 0 Å². The molecule has 0 radical (unpaired) electrons. The maximum Gasteiger partial charge on any atom is 0.416 e. The lowest BCUT2D eigenvalue weighted by Gasteiger charge is -2.38. The summed E-state index contributed by atoms with van der Waals surface area (Å²) < 4.78 is 51.8. The predicted molar refractivity (Wildman–Crippen MR) is 128 cm³/mol. The van der Waals surface area contributed by atoms with Crippen LogP contribution in [-0.4, -0.2) is 32.8 Å². The van der Waals surface area contributed by atoms with Crippen molar-refractivity contribution in [2.75, 3.05) is 26.8 Å². The number of alkyl halides is 3. The fourth-order valence-electron chi connectivity index (χ4n) is 4.60. The minimum absolute atomic E-state index is 0.0686. The molecule has 0 amide bonds. The summed E-state index contributed by atoms with van der Waals surface area (Å²) in [5.41, 5.74) is 2.06. The fourth-order valence-corrected chi connectivity index (χ4v) is 4.60. The maximum atomic E-state index is 13.7. The van der Waals surface area contributed by atoms with Gasteiger partial charge in [-0.05, 0) is 78.5 Å². The van der Waals surface area contributed by atoms with Crippen LogP contribution in [0.3, 0.4) is 0 Å². The van der Waals surface area contributed by atoms with Gasteiger partial charge in [0.05, 0.1) is 31.5 Å². The van der Waals surface area contributed by atoms with Gasteiger partial charge in [0.1, 0.15) is 0 Å². The van der Waals surface area contributed by atoms with Gasteiger partial charge >= 0.3 is 12.1 Å². The number of esters is 1. The number of halogens is 3. The summed E-state index contributed by atoms with van der Waals surface area (Å²) in [6.07, 6.45) is -2.69. The van der Waals surface area contributed by atoms with Crippen LogP contribution in [0, 0.1) is 0 Å². The topological polar surface area (TPSA) is 47.6 Å². The van der Waals surface area contributed by atoms with Crippen molar-refractivity contribution in [2.45, 2.75) is 31.0 Å².